The van der Waals surface area contributed by atoms with E-state index in [9.17, 15) is 20.0 Å². The summed E-state index contributed by atoms with van der Waals surface area (Å²) in [5.74, 6) is -0.842. The van der Waals surface area contributed by atoms with Crippen LogP contribution < -0.4 is 16.4 Å². The molecule has 184 valence electrons. The first-order chi connectivity index (χ1) is 17.9. The van der Waals surface area contributed by atoms with E-state index in [1.807, 2.05) is 0 Å². The van der Waals surface area contributed by atoms with Gasteiger partial charge in [-0.2, -0.15) is 5.26 Å². The number of pyridine rings is 1. The van der Waals surface area contributed by atoms with Gasteiger partial charge >= 0.3 is 0 Å². The predicted molar refractivity (Wildman–Crippen MR) is 142 cm³/mol. The number of halogens is 1. The lowest BCUT2D eigenvalue weighted by Gasteiger charge is -2.15. The van der Waals surface area contributed by atoms with Gasteiger partial charge in [0.15, 0.2) is 5.82 Å². The third kappa shape index (κ3) is 5.76. The molecule has 3 aromatic carbocycles. The minimum Gasteiger partial charge on any atom is -0.507 e. The molecule has 37 heavy (non-hydrogen) atoms. The Balaban J connectivity index is 1.87. The fourth-order valence-electron chi connectivity index (χ4n) is 3.73. The van der Waals surface area contributed by atoms with E-state index in [4.69, 9.17) is 17.3 Å². The number of nitrogens with one attached hydrogen (secondary N) is 2. The van der Waals surface area contributed by atoms with Gasteiger partial charge in [-0.05, 0) is 54.1 Å². The zero-order valence-electron chi connectivity index (χ0n) is 19.5. The second kappa shape index (κ2) is 11.4. The first-order valence-corrected chi connectivity index (χ1v) is 11.7. The number of amides is 2. The van der Waals surface area contributed by atoms with E-state index in [0.29, 0.717) is 46.1 Å². The molecule has 0 saturated heterocycles. The van der Waals surface area contributed by atoms with Gasteiger partial charge in [-0.15, -0.1) is 0 Å². The standard InChI is InChI=1S/C28H22ClN5O3/c29-20-8-4-7-19(14-20)28(37)34-26-23(16-31)22(15-24(33-26)21-9-1-2-10-25(21)35)17-5-3-6-18(13-17)27(36)32-12-11-30/h1-10,13-15,35H,11-12,30H2,(H,32,36)(H,33,34,37). The second-order valence-corrected chi connectivity index (χ2v) is 8.43. The number of aromatic nitrogens is 1. The lowest BCUT2D eigenvalue weighted by Crippen LogP contribution is -2.28. The van der Waals surface area contributed by atoms with Crippen LogP contribution in [0.25, 0.3) is 22.4 Å². The highest BCUT2D eigenvalue weighted by Crippen LogP contribution is 2.35. The summed E-state index contributed by atoms with van der Waals surface area (Å²) in [7, 11) is 0. The summed E-state index contributed by atoms with van der Waals surface area (Å²) in [6.45, 7) is 0.618. The third-order valence-electron chi connectivity index (χ3n) is 5.50. The summed E-state index contributed by atoms with van der Waals surface area (Å²) < 4.78 is 0. The number of nitrogens with zero attached hydrogens (tertiary/aromatic N) is 2. The highest BCUT2D eigenvalue weighted by atomic mass is 35.5. The van der Waals surface area contributed by atoms with E-state index in [1.165, 1.54) is 12.1 Å². The van der Waals surface area contributed by atoms with Crippen LogP contribution in [-0.2, 0) is 0 Å². The number of aromatic hydroxyl groups is 1. The lowest BCUT2D eigenvalue weighted by atomic mass is 9.96. The van der Waals surface area contributed by atoms with Crippen molar-refractivity contribution in [2.24, 2.45) is 5.73 Å². The van der Waals surface area contributed by atoms with Crippen molar-refractivity contribution >= 4 is 29.2 Å². The highest BCUT2D eigenvalue weighted by molar-refractivity contribution is 6.31. The zero-order chi connectivity index (χ0) is 26.4. The summed E-state index contributed by atoms with van der Waals surface area (Å²) in [6.07, 6.45) is 0. The minimum atomic E-state index is -0.512. The fourth-order valence-corrected chi connectivity index (χ4v) is 3.92. The van der Waals surface area contributed by atoms with E-state index < -0.39 is 5.91 Å². The van der Waals surface area contributed by atoms with Gasteiger partial charge in [0.1, 0.15) is 17.4 Å². The Kier molecular flexibility index (Phi) is 7.79. The van der Waals surface area contributed by atoms with Crippen molar-refractivity contribution in [3.63, 3.8) is 0 Å². The lowest BCUT2D eigenvalue weighted by molar-refractivity contribution is 0.0954. The Labute approximate surface area is 218 Å². The van der Waals surface area contributed by atoms with E-state index in [2.05, 4.69) is 21.7 Å². The Morgan fingerprint density at radius 3 is 2.38 bits per heavy atom. The SMILES string of the molecule is N#Cc1c(-c2cccc(C(=O)NCCN)c2)cc(-c2ccccc2O)nc1NC(=O)c1cccc(Cl)c1. The summed E-state index contributed by atoms with van der Waals surface area (Å²) in [5, 5.41) is 26.4. The number of rotatable bonds is 7. The molecule has 0 aliphatic heterocycles. The monoisotopic (exact) mass is 511 g/mol. The average molecular weight is 512 g/mol. The third-order valence-corrected chi connectivity index (χ3v) is 5.73. The molecule has 0 radical (unpaired) electrons. The van der Waals surface area contributed by atoms with Crippen LogP contribution in [0.5, 0.6) is 5.75 Å². The van der Waals surface area contributed by atoms with Crippen LogP contribution in [0.1, 0.15) is 26.3 Å². The largest absolute Gasteiger partial charge is 0.507 e. The van der Waals surface area contributed by atoms with E-state index in [-0.39, 0.29) is 28.6 Å². The number of anilines is 1. The summed E-state index contributed by atoms with van der Waals surface area (Å²) in [4.78, 5) is 30.0. The normalized spacial score (nSPS) is 10.4. The molecule has 0 spiro atoms. The van der Waals surface area contributed by atoms with E-state index in [1.54, 1.807) is 66.7 Å². The van der Waals surface area contributed by atoms with Crippen molar-refractivity contribution in [2.45, 2.75) is 0 Å². The van der Waals surface area contributed by atoms with Gasteiger partial charge in [-0.3, -0.25) is 9.59 Å². The molecule has 0 atom stereocenters. The quantitative estimate of drug-likeness (QED) is 0.286. The smallest absolute Gasteiger partial charge is 0.256 e. The van der Waals surface area contributed by atoms with Crippen LogP contribution in [0.15, 0.2) is 78.9 Å². The van der Waals surface area contributed by atoms with E-state index >= 15 is 0 Å². The molecule has 2 amide bonds. The van der Waals surface area contributed by atoms with Crippen LogP contribution in [0.3, 0.4) is 0 Å². The van der Waals surface area contributed by atoms with Gasteiger partial charge in [0.2, 0.25) is 0 Å². The van der Waals surface area contributed by atoms with Crippen molar-refractivity contribution in [3.05, 3.63) is 101 Å². The first kappa shape index (κ1) is 25.4. The number of carbonyl (C=O) groups excluding carboxylic acids is 2. The van der Waals surface area contributed by atoms with Crippen LogP contribution in [0.4, 0.5) is 5.82 Å². The molecule has 1 heterocycles. The number of carbonyl (C=O) groups is 2. The van der Waals surface area contributed by atoms with Crippen molar-refractivity contribution < 1.29 is 14.7 Å². The van der Waals surface area contributed by atoms with Gasteiger partial charge < -0.3 is 21.5 Å². The molecule has 5 N–H and O–H groups in total. The van der Waals surface area contributed by atoms with Crippen LogP contribution >= 0.6 is 11.6 Å². The molecular weight excluding hydrogens is 490 g/mol. The summed E-state index contributed by atoms with van der Waals surface area (Å²) >= 11 is 6.04. The number of phenols is 1. The second-order valence-electron chi connectivity index (χ2n) is 8.00. The maximum Gasteiger partial charge on any atom is 0.256 e. The highest BCUT2D eigenvalue weighted by Gasteiger charge is 2.20. The zero-order valence-corrected chi connectivity index (χ0v) is 20.3. The van der Waals surface area contributed by atoms with Crippen LogP contribution in [-0.4, -0.2) is 35.0 Å². The van der Waals surface area contributed by atoms with Crippen molar-refractivity contribution in [3.8, 4) is 34.2 Å². The van der Waals surface area contributed by atoms with Gasteiger partial charge in [-0.1, -0.05) is 41.9 Å². The number of para-hydroxylation sites is 1. The molecular formula is C28H22ClN5O3. The van der Waals surface area contributed by atoms with Crippen molar-refractivity contribution in [1.82, 2.24) is 10.3 Å². The molecule has 0 aliphatic rings. The topological polar surface area (TPSA) is 141 Å². The number of hydrogen-bond acceptors (Lipinski definition) is 6. The molecule has 4 aromatic rings. The molecule has 0 bridgehead atoms. The maximum atomic E-state index is 13.0. The molecule has 0 unspecified atom stereocenters. The number of hydrogen-bond donors (Lipinski definition) is 4. The van der Waals surface area contributed by atoms with E-state index in [0.717, 1.165) is 0 Å². The number of benzene rings is 3. The van der Waals surface area contributed by atoms with Gasteiger partial charge in [0.25, 0.3) is 11.8 Å². The average Bonchev–Trinajstić information content (AvgIpc) is 2.91. The summed E-state index contributed by atoms with van der Waals surface area (Å²) in [6, 6.07) is 23.5. The Morgan fingerprint density at radius 1 is 0.946 bits per heavy atom. The molecule has 8 nitrogen and oxygen atoms in total. The first-order valence-electron chi connectivity index (χ1n) is 11.3. The van der Waals surface area contributed by atoms with Crippen LogP contribution in [0, 0.1) is 11.3 Å². The fraction of sp³-hybridized carbons (Fsp3) is 0.0714. The summed E-state index contributed by atoms with van der Waals surface area (Å²) in [5.41, 5.74) is 7.94. The number of phenolic OH excluding ortho intramolecular Hbond substituents is 1. The minimum absolute atomic E-state index is 0.00112. The molecule has 9 heteroatoms. The van der Waals surface area contributed by atoms with Crippen molar-refractivity contribution in [2.75, 3.05) is 18.4 Å². The maximum absolute atomic E-state index is 13.0. The Bertz CT molecular complexity index is 1530. The Morgan fingerprint density at radius 2 is 1.68 bits per heavy atom. The van der Waals surface area contributed by atoms with Crippen LogP contribution in [0.2, 0.25) is 5.02 Å². The van der Waals surface area contributed by atoms with Gasteiger partial charge in [-0.25, -0.2) is 4.98 Å². The molecule has 0 saturated carbocycles. The number of nitriles is 1. The molecule has 0 aliphatic carbocycles. The van der Waals surface area contributed by atoms with Gasteiger partial charge in [0.05, 0.1) is 5.69 Å². The predicted octanol–water partition coefficient (Wildman–Crippen LogP) is 4.59. The van der Waals surface area contributed by atoms with Crippen molar-refractivity contribution in [1.29, 1.82) is 5.26 Å². The molecule has 4 rings (SSSR count). The molecule has 1 aromatic heterocycles. The molecule has 0 fully saturated rings. The van der Waals surface area contributed by atoms with Gasteiger partial charge in [0, 0.05) is 40.4 Å². The number of nitrogens with two attached hydrogens (primary N) is 1. The Hall–Kier alpha value is -4.71.